The Morgan fingerprint density at radius 1 is 1.69 bits per heavy atom. The Morgan fingerprint density at radius 3 is 3.00 bits per heavy atom. The van der Waals surface area contributed by atoms with Crippen molar-refractivity contribution in [3.05, 3.63) is 27.9 Å². The van der Waals surface area contributed by atoms with Gasteiger partial charge in [-0.1, -0.05) is 13.3 Å². The number of nitrogens with zero attached hydrogens (tertiary/aromatic N) is 3. The molecule has 1 heterocycles. The molecule has 1 aromatic rings. The molecule has 0 unspecified atom stereocenters. The van der Waals surface area contributed by atoms with Gasteiger partial charge in [-0.05, 0) is 6.42 Å². The van der Waals surface area contributed by atoms with Crippen LogP contribution < -0.4 is 5.32 Å². The molecule has 0 aliphatic heterocycles. The topological polar surface area (TPSA) is 91.8 Å². The van der Waals surface area contributed by atoms with E-state index in [1.54, 1.807) is 0 Å². The van der Waals surface area contributed by atoms with Gasteiger partial charge >= 0.3 is 0 Å². The summed E-state index contributed by atoms with van der Waals surface area (Å²) in [4.78, 5) is 13.8. The summed E-state index contributed by atoms with van der Waals surface area (Å²) in [6.45, 7) is 2.76. The summed E-state index contributed by atoms with van der Waals surface area (Å²) >= 11 is 0. The van der Waals surface area contributed by atoms with E-state index in [0.29, 0.717) is 12.4 Å². The molecule has 1 N–H and O–H groups in total. The van der Waals surface area contributed by atoms with Gasteiger partial charge < -0.3 is 5.32 Å². The highest BCUT2D eigenvalue weighted by Gasteiger charge is 2.11. The zero-order valence-corrected chi connectivity index (χ0v) is 8.93. The lowest BCUT2D eigenvalue weighted by atomic mass is 10.2. The van der Waals surface area contributed by atoms with Crippen LogP contribution >= 0.6 is 0 Å². The number of rotatable bonds is 5. The molecule has 6 nitrogen and oxygen atoms in total. The fraction of sp³-hybridized carbons (Fsp3) is 0.400. The second-order valence-corrected chi connectivity index (χ2v) is 3.24. The van der Waals surface area contributed by atoms with Gasteiger partial charge in [0, 0.05) is 12.6 Å². The average molecular weight is 220 g/mol. The van der Waals surface area contributed by atoms with E-state index >= 15 is 0 Å². The van der Waals surface area contributed by atoms with Crippen molar-refractivity contribution in [1.82, 2.24) is 4.98 Å². The van der Waals surface area contributed by atoms with Gasteiger partial charge in [-0.2, -0.15) is 5.26 Å². The van der Waals surface area contributed by atoms with Crippen molar-refractivity contribution >= 4 is 11.5 Å². The average Bonchev–Trinajstić information content (AvgIpc) is 2.29. The number of hydrogen-bond acceptors (Lipinski definition) is 5. The van der Waals surface area contributed by atoms with Crippen LogP contribution in [0.4, 0.5) is 11.5 Å². The Bertz CT molecular complexity index is 425. The first-order valence-corrected chi connectivity index (χ1v) is 4.97. The highest BCUT2D eigenvalue weighted by atomic mass is 16.6. The highest BCUT2D eigenvalue weighted by Crippen LogP contribution is 2.17. The summed E-state index contributed by atoms with van der Waals surface area (Å²) in [5.74, 6) is 0.404. The highest BCUT2D eigenvalue weighted by molar-refractivity contribution is 5.55. The minimum Gasteiger partial charge on any atom is -0.369 e. The lowest BCUT2D eigenvalue weighted by molar-refractivity contribution is -0.385. The number of hydrogen-bond donors (Lipinski definition) is 1. The summed E-state index contributed by atoms with van der Waals surface area (Å²) in [7, 11) is 0. The monoisotopic (exact) mass is 220 g/mol. The first-order valence-electron chi connectivity index (χ1n) is 4.97. The van der Waals surface area contributed by atoms with Gasteiger partial charge in [0.15, 0.2) is 0 Å². The molecule has 0 radical (unpaired) electrons. The Labute approximate surface area is 93.1 Å². The lowest BCUT2D eigenvalue weighted by Crippen LogP contribution is -2.05. The van der Waals surface area contributed by atoms with E-state index in [9.17, 15) is 10.1 Å². The van der Waals surface area contributed by atoms with Crippen molar-refractivity contribution in [1.29, 1.82) is 5.26 Å². The van der Waals surface area contributed by atoms with E-state index in [2.05, 4.69) is 17.2 Å². The molecule has 1 rings (SSSR count). The molecule has 6 heteroatoms. The molecule has 0 bridgehead atoms. The Balaban J connectivity index is 2.86. The van der Waals surface area contributed by atoms with Crippen LogP contribution in [0.3, 0.4) is 0 Å². The normalized spacial score (nSPS) is 9.50. The van der Waals surface area contributed by atoms with Crippen LogP contribution in [0.1, 0.15) is 25.3 Å². The molecule has 0 saturated heterocycles. The van der Waals surface area contributed by atoms with Gasteiger partial charge in [0.25, 0.3) is 5.69 Å². The molecular weight excluding hydrogens is 208 g/mol. The Hall–Kier alpha value is -2.16. The third-order valence-corrected chi connectivity index (χ3v) is 2.03. The van der Waals surface area contributed by atoms with E-state index in [-0.39, 0.29) is 11.3 Å². The summed E-state index contributed by atoms with van der Waals surface area (Å²) in [5, 5.41) is 22.3. The van der Waals surface area contributed by atoms with Crippen molar-refractivity contribution in [3.63, 3.8) is 0 Å². The fourth-order valence-corrected chi connectivity index (χ4v) is 1.16. The zero-order valence-electron chi connectivity index (χ0n) is 8.93. The number of nitriles is 1. The number of anilines is 1. The van der Waals surface area contributed by atoms with Crippen molar-refractivity contribution in [2.24, 2.45) is 0 Å². The van der Waals surface area contributed by atoms with E-state index in [1.165, 1.54) is 6.07 Å². The molecule has 0 fully saturated rings. The molecule has 0 spiro atoms. The number of pyridine rings is 1. The van der Waals surface area contributed by atoms with Crippen LogP contribution in [0.25, 0.3) is 0 Å². The zero-order chi connectivity index (χ0) is 12.0. The SMILES string of the molecule is CCCCNc1ncc([N+](=O)[O-])cc1C#N. The fourth-order valence-electron chi connectivity index (χ4n) is 1.16. The van der Waals surface area contributed by atoms with Crippen LogP contribution in [0.2, 0.25) is 0 Å². The number of aromatic nitrogens is 1. The van der Waals surface area contributed by atoms with Crippen LogP contribution in [0.5, 0.6) is 0 Å². The molecule has 0 saturated carbocycles. The van der Waals surface area contributed by atoms with E-state index in [1.807, 2.05) is 6.07 Å². The van der Waals surface area contributed by atoms with Gasteiger partial charge in [0.1, 0.15) is 23.6 Å². The molecule has 16 heavy (non-hydrogen) atoms. The maximum atomic E-state index is 10.5. The molecule has 84 valence electrons. The predicted molar refractivity (Wildman–Crippen MR) is 59.0 cm³/mol. The third kappa shape index (κ3) is 2.92. The summed E-state index contributed by atoms with van der Waals surface area (Å²) in [6, 6.07) is 3.11. The number of nitrogens with one attached hydrogen (secondary N) is 1. The first kappa shape index (κ1) is 11.9. The summed E-state index contributed by atoms with van der Waals surface area (Å²) < 4.78 is 0. The van der Waals surface area contributed by atoms with Crippen LogP contribution in [0.15, 0.2) is 12.3 Å². The predicted octanol–water partition coefficient (Wildman–Crippen LogP) is 2.07. The lowest BCUT2D eigenvalue weighted by Gasteiger charge is -2.05. The van der Waals surface area contributed by atoms with Crippen molar-refractivity contribution in [2.45, 2.75) is 19.8 Å². The van der Waals surface area contributed by atoms with Crippen molar-refractivity contribution < 1.29 is 4.92 Å². The molecule has 0 aliphatic carbocycles. The maximum absolute atomic E-state index is 10.5. The van der Waals surface area contributed by atoms with E-state index in [4.69, 9.17) is 5.26 Å². The van der Waals surface area contributed by atoms with Gasteiger partial charge in [0.05, 0.1) is 4.92 Å². The first-order chi connectivity index (χ1) is 7.69. The number of unbranched alkanes of at least 4 members (excludes halogenated alkanes) is 1. The molecule has 0 atom stereocenters. The number of nitro groups is 1. The Morgan fingerprint density at radius 2 is 2.44 bits per heavy atom. The van der Waals surface area contributed by atoms with Gasteiger partial charge in [-0.3, -0.25) is 10.1 Å². The standard InChI is InChI=1S/C10H12N4O2/c1-2-3-4-12-10-8(6-11)5-9(7-13-10)14(15)16/h5,7H,2-4H2,1H3,(H,12,13). The van der Waals surface area contributed by atoms with Gasteiger partial charge in [-0.15, -0.1) is 0 Å². The smallest absolute Gasteiger partial charge is 0.289 e. The minimum atomic E-state index is -0.566. The maximum Gasteiger partial charge on any atom is 0.289 e. The molecule has 1 aromatic heterocycles. The van der Waals surface area contributed by atoms with E-state index < -0.39 is 4.92 Å². The van der Waals surface area contributed by atoms with Gasteiger partial charge in [0.2, 0.25) is 0 Å². The van der Waals surface area contributed by atoms with Crippen molar-refractivity contribution in [2.75, 3.05) is 11.9 Å². The second kappa shape index (κ2) is 5.66. The molecular formula is C10H12N4O2. The largest absolute Gasteiger partial charge is 0.369 e. The van der Waals surface area contributed by atoms with Crippen molar-refractivity contribution in [3.8, 4) is 6.07 Å². The summed E-state index contributed by atoms with van der Waals surface area (Å²) in [6.07, 6.45) is 3.14. The molecule has 0 amide bonds. The van der Waals surface area contributed by atoms with Crippen LogP contribution in [0, 0.1) is 21.4 Å². The van der Waals surface area contributed by atoms with Gasteiger partial charge in [-0.25, -0.2) is 4.98 Å². The van der Waals surface area contributed by atoms with Crippen LogP contribution in [-0.4, -0.2) is 16.5 Å². The third-order valence-electron chi connectivity index (χ3n) is 2.03. The molecule has 0 aliphatic rings. The second-order valence-electron chi connectivity index (χ2n) is 3.24. The molecule has 0 aromatic carbocycles. The van der Waals surface area contributed by atoms with E-state index in [0.717, 1.165) is 19.0 Å². The summed E-state index contributed by atoms with van der Waals surface area (Å²) in [5.41, 5.74) is 0.0305. The minimum absolute atomic E-state index is 0.169. The van der Waals surface area contributed by atoms with Crippen LogP contribution in [-0.2, 0) is 0 Å². The quantitative estimate of drug-likeness (QED) is 0.466. The Kier molecular flexibility index (Phi) is 4.21.